The van der Waals surface area contributed by atoms with Crippen molar-refractivity contribution in [1.82, 2.24) is 14.5 Å². The summed E-state index contributed by atoms with van der Waals surface area (Å²) in [5, 5.41) is 9.45. The molecule has 0 N–H and O–H groups in total. The van der Waals surface area contributed by atoms with Crippen molar-refractivity contribution >= 4 is 17.3 Å². The Morgan fingerprint density at radius 2 is 2.08 bits per heavy atom. The van der Waals surface area contributed by atoms with Gasteiger partial charge in [-0.2, -0.15) is 5.26 Å². The molecule has 10 nitrogen and oxygen atoms in total. The van der Waals surface area contributed by atoms with Crippen LogP contribution in [-0.2, 0) is 7.05 Å². The molecule has 2 aliphatic heterocycles. The van der Waals surface area contributed by atoms with Crippen LogP contribution in [0.15, 0.2) is 53.6 Å². The van der Waals surface area contributed by atoms with E-state index >= 15 is 0 Å². The fourth-order valence-corrected chi connectivity index (χ4v) is 4.47. The largest absolute Gasteiger partial charge is 0.490 e. The van der Waals surface area contributed by atoms with Gasteiger partial charge in [-0.3, -0.25) is 9.59 Å². The molecule has 1 aromatic carbocycles. The van der Waals surface area contributed by atoms with E-state index in [9.17, 15) is 14.9 Å². The number of carbonyl (C=O) groups excluding carboxylic acids is 1. The van der Waals surface area contributed by atoms with Gasteiger partial charge in [0.1, 0.15) is 35.8 Å². The number of rotatable bonds is 5. The van der Waals surface area contributed by atoms with Crippen molar-refractivity contribution in [3.63, 3.8) is 0 Å². The fraction of sp³-hybridized carbons (Fsp3) is 0.308. The summed E-state index contributed by atoms with van der Waals surface area (Å²) >= 11 is 0. The van der Waals surface area contributed by atoms with Crippen molar-refractivity contribution < 1.29 is 19.0 Å². The number of methoxy groups -OCH3 is 1. The topological polar surface area (TPSA) is 110 Å². The minimum atomic E-state index is -0.162. The van der Waals surface area contributed by atoms with E-state index in [-0.39, 0.29) is 23.5 Å². The smallest absolute Gasteiger partial charge is 0.255 e. The van der Waals surface area contributed by atoms with E-state index < -0.39 is 0 Å². The van der Waals surface area contributed by atoms with Gasteiger partial charge >= 0.3 is 0 Å². The third-order valence-electron chi connectivity index (χ3n) is 6.32. The van der Waals surface area contributed by atoms with E-state index in [1.165, 1.54) is 17.7 Å². The number of aryl methyl sites for hydroxylation is 1. The highest BCUT2D eigenvalue weighted by atomic mass is 16.5. The first-order chi connectivity index (χ1) is 17.5. The van der Waals surface area contributed by atoms with E-state index in [1.807, 2.05) is 23.1 Å². The summed E-state index contributed by atoms with van der Waals surface area (Å²) in [5.41, 5.74) is 2.23. The van der Waals surface area contributed by atoms with Crippen molar-refractivity contribution in [3.05, 3.63) is 70.3 Å². The molecule has 0 unspecified atom stereocenters. The van der Waals surface area contributed by atoms with Crippen LogP contribution >= 0.6 is 0 Å². The van der Waals surface area contributed by atoms with Crippen molar-refractivity contribution in [2.24, 2.45) is 7.05 Å². The van der Waals surface area contributed by atoms with Crippen molar-refractivity contribution in [3.8, 4) is 23.4 Å². The zero-order chi connectivity index (χ0) is 25.2. The van der Waals surface area contributed by atoms with Crippen LogP contribution in [-0.4, -0.2) is 59.8 Å². The molecule has 2 aromatic heterocycles. The number of likely N-dealkylation sites (tertiary alicyclic amines) is 1. The Morgan fingerprint density at radius 3 is 2.86 bits per heavy atom. The number of benzene rings is 1. The fourth-order valence-electron chi connectivity index (χ4n) is 4.47. The SMILES string of the molecule is COc1ncc(N2CCOc3ccc(O[C@H]4CCN(C(=O)c5ccc(=O)n(C)c5)C4)cc32)cc1C#N. The van der Waals surface area contributed by atoms with Gasteiger partial charge in [-0.25, -0.2) is 4.98 Å². The third-order valence-corrected chi connectivity index (χ3v) is 6.32. The molecule has 1 atom stereocenters. The molecule has 0 aliphatic carbocycles. The number of hydrogen-bond acceptors (Lipinski definition) is 8. The summed E-state index contributed by atoms with van der Waals surface area (Å²) in [5.74, 6) is 1.53. The summed E-state index contributed by atoms with van der Waals surface area (Å²) in [6, 6.07) is 12.4. The predicted octanol–water partition coefficient (Wildman–Crippen LogP) is 2.48. The molecule has 3 aromatic rings. The lowest BCUT2D eigenvalue weighted by atomic mass is 10.2. The lowest BCUT2D eigenvalue weighted by molar-refractivity contribution is 0.0771. The van der Waals surface area contributed by atoms with Crippen molar-refractivity contribution in [2.45, 2.75) is 12.5 Å². The maximum Gasteiger partial charge on any atom is 0.255 e. The van der Waals surface area contributed by atoms with Gasteiger partial charge < -0.3 is 28.6 Å². The lowest BCUT2D eigenvalue weighted by Gasteiger charge is -2.31. The first-order valence-corrected chi connectivity index (χ1v) is 11.6. The highest BCUT2D eigenvalue weighted by molar-refractivity contribution is 5.94. The number of aromatic nitrogens is 2. The van der Waals surface area contributed by atoms with Crippen LogP contribution in [0.25, 0.3) is 0 Å². The van der Waals surface area contributed by atoms with Crippen LogP contribution in [0.2, 0.25) is 0 Å². The number of carbonyl (C=O) groups is 1. The molecule has 1 amide bonds. The Morgan fingerprint density at radius 1 is 1.22 bits per heavy atom. The van der Waals surface area contributed by atoms with Crippen LogP contribution in [0.5, 0.6) is 17.4 Å². The molecule has 184 valence electrons. The Labute approximate surface area is 207 Å². The Hall–Kier alpha value is -4.52. The standard InChI is InChI=1S/C26H25N5O5/c1-29-15-17(3-6-24(29)32)26(33)30-8-7-21(16-30)36-20-4-5-23-22(12-20)31(9-10-35-23)19-11-18(13-27)25(34-2)28-14-19/h3-6,11-12,14-15,21H,7-10,16H2,1-2H3/t21-/m0/s1. The normalized spacial score (nSPS) is 16.6. The Bertz CT molecular complexity index is 1410. The minimum Gasteiger partial charge on any atom is -0.490 e. The van der Waals surface area contributed by atoms with Crippen LogP contribution in [0.4, 0.5) is 11.4 Å². The summed E-state index contributed by atoms with van der Waals surface area (Å²) < 4.78 is 18.6. The molecule has 4 heterocycles. The molecular weight excluding hydrogens is 462 g/mol. The Balaban J connectivity index is 1.32. The number of ether oxygens (including phenoxy) is 3. The summed E-state index contributed by atoms with van der Waals surface area (Å²) in [6.07, 6.45) is 3.76. The first-order valence-electron chi connectivity index (χ1n) is 11.6. The van der Waals surface area contributed by atoms with Gasteiger partial charge in [0, 0.05) is 38.3 Å². The summed E-state index contributed by atoms with van der Waals surface area (Å²) in [4.78, 5) is 32.6. The predicted molar refractivity (Wildman–Crippen MR) is 131 cm³/mol. The zero-order valence-corrected chi connectivity index (χ0v) is 20.0. The van der Waals surface area contributed by atoms with Crippen molar-refractivity contribution in [1.29, 1.82) is 5.26 Å². The second-order valence-corrected chi connectivity index (χ2v) is 8.64. The van der Waals surface area contributed by atoms with Gasteiger partial charge in [-0.15, -0.1) is 0 Å². The number of pyridine rings is 2. The molecule has 2 aliphatic rings. The van der Waals surface area contributed by atoms with Gasteiger partial charge in [0.25, 0.3) is 5.91 Å². The lowest BCUT2D eigenvalue weighted by Crippen LogP contribution is -2.32. The molecule has 5 rings (SSSR count). The third kappa shape index (κ3) is 4.43. The molecule has 0 saturated carbocycles. The van der Waals surface area contributed by atoms with E-state index in [4.69, 9.17) is 14.2 Å². The van der Waals surface area contributed by atoms with Crippen molar-refractivity contribution in [2.75, 3.05) is 38.3 Å². The number of anilines is 2. The van der Waals surface area contributed by atoms with Crippen LogP contribution < -0.4 is 24.7 Å². The molecule has 0 bridgehead atoms. The second kappa shape index (κ2) is 9.62. The maximum absolute atomic E-state index is 12.9. The molecule has 0 radical (unpaired) electrons. The van der Waals surface area contributed by atoms with E-state index in [0.717, 1.165) is 11.4 Å². The monoisotopic (exact) mass is 487 g/mol. The molecular formula is C26H25N5O5. The summed E-state index contributed by atoms with van der Waals surface area (Å²) in [6.45, 7) is 2.10. The number of nitrogens with zero attached hydrogens (tertiary/aromatic N) is 5. The van der Waals surface area contributed by atoms with Gasteiger partial charge in [-0.05, 0) is 24.3 Å². The highest BCUT2D eigenvalue weighted by Gasteiger charge is 2.29. The molecule has 1 fully saturated rings. The van der Waals surface area contributed by atoms with E-state index in [0.29, 0.717) is 55.3 Å². The molecule has 36 heavy (non-hydrogen) atoms. The quantitative estimate of drug-likeness (QED) is 0.540. The van der Waals surface area contributed by atoms with E-state index in [1.54, 1.807) is 36.5 Å². The maximum atomic E-state index is 12.9. The van der Waals surface area contributed by atoms with Crippen LogP contribution in [0, 0.1) is 11.3 Å². The number of nitriles is 1. The molecule has 10 heteroatoms. The number of fused-ring (bicyclic) bond motifs is 1. The van der Waals surface area contributed by atoms with Gasteiger partial charge in [0.05, 0.1) is 43.3 Å². The average Bonchev–Trinajstić information content (AvgIpc) is 3.37. The number of amides is 1. The van der Waals surface area contributed by atoms with Gasteiger partial charge in [-0.1, -0.05) is 0 Å². The second-order valence-electron chi connectivity index (χ2n) is 8.64. The average molecular weight is 488 g/mol. The highest BCUT2D eigenvalue weighted by Crippen LogP contribution is 2.40. The van der Waals surface area contributed by atoms with Gasteiger partial charge in [0.2, 0.25) is 11.4 Å². The van der Waals surface area contributed by atoms with Crippen LogP contribution in [0.1, 0.15) is 22.3 Å². The Kier molecular flexibility index (Phi) is 6.21. The summed E-state index contributed by atoms with van der Waals surface area (Å²) in [7, 11) is 3.11. The van der Waals surface area contributed by atoms with E-state index in [2.05, 4.69) is 11.1 Å². The minimum absolute atomic E-state index is 0.123. The first kappa shape index (κ1) is 23.2. The number of hydrogen-bond donors (Lipinski definition) is 0. The molecule has 0 spiro atoms. The van der Waals surface area contributed by atoms with Gasteiger partial charge in [0.15, 0.2) is 0 Å². The van der Waals surface area contributed by atoms with Crippen LogP contribution in [0.3, 0.4) is 0 Å². The molecule has 1 saturated heterocycles. The zero-order valence-electron chi connectivity index (χ0n) is 20.0.